The highest BCUT2D eigenvalue weighted by Gasteiger charge is 2.38. The zero-order chi connectivity index (χ0) is 30.3. The summed E-state index contributed by atoms with van der Waals surface area (Å²) in [6.45, 7) is -0.369. The molecule has 2 aromatic carbocycles. The summed E-state index contributed by atoms with van der Waals surface area (Å²) >= 11 is 0. The van der Waals surface area contributed by atoms with Gasteiger partial charge in [-0.3, -0.25) is 10.4 Å². The fourth-order valence-corrected chi connectivity index (χ4v) is 4.86. The molecule has 224 valence electrons. The average Bonchev–Trinajstić information content (AvgIpc) is 3.59. The lowest BCUT2D eigenvalue weighted by atomic mass is 9.98. The summed E-state index contributed by atoms with van der Waals surface area (Å²) in [7, 11) is 0. The number of ether oxygens (including phenoxy) is 1. The predicted molar refractivity (Wildman–Crippen MR) is 143 cm³/mol. The van der Waals surface area contributed by atoms with E-state index >= 15 is 0 Å². The number of hydrogen-bond acceptors (Lipinski definition) is 8. The summed E-state index contributed by atoms with van der Waals surface area (Å²) in [5.74, 6) is -2.85. The lowest BCUT2D eigenvalue weighted by Crippen LogP contribution is -2.29. The van der Waals surface area contributed by atoms with Crippen molar-refractivity contribution < 1.29 is 41.1 Å². The second-order valence-corrected chi connectivity index (χ2v) is 10.1. The molecule has 1 atom stereocenters. The van der Waals surface area contributed by atoms with Crippen LogP contribution in [0, 0.1) is 11.6 Å². The van der Waals surface area contributed by atoms with Gasteiger partial charge in [0.2, 0.25) is 0 Å². The maximum absolute atomic E-state index is 14.4. The summed E-state index contributed by atoms with van der Waals surface area (Å²) in [4.78, 5) is 17.5. The molecule has 14 heteroatoms. The van der Waals surface area contributed by atoms with E-state index in [-0.39, 0.29) is 54.1 Å². The number of alkyl halides is 3. The van der Waals surface area contributed by atoms with E-state index in [1.807, 2.05) is 0 Å². The zero-order valence-corrected chi connectivity index (χ0v) is 22.3. The van der Waals surface area contributed by atoms with Crippen LogP contribution in [0.1, 0.15) is 53.8 Å². The van der Waals surface area contributed by atoms with Crippen LogP contribution in [0.25, 0.3) is 17.3 Å². The Balaban J connectivity index is 1.36. The number of rotatable bonds is 9. The molecule has 1 aliphatic carbocycles. The molecule has 9 nitrogen and oxygen atoms in total. The summed E-state index contributed by atoms with van der Waals surface area (Å²) < 4.78 is 82.4. The number of aromatic nitrogens is 3. The van der Waals surface area contributed by atoms with Gasteiger partial charge in [0.25, 0.3) is 0 Å². The second-order valence-electron chi connectivity index (χ2n) is 10.1. The Labute approximate surface area is 241 Å². The number of nitrogens with zero attached hydrogens (tertiary/aromatic N) is 4. The molecule has 6 rings (SSSR count). The minimum absolute atomic E-state index is 0.100. The highest BCUT2D eigenvalue weighted by atomic mass is 19.4. The highest BCUT2D eigenvalue weighted by Crippen LogP contribution is 2.45. The SMILES string of the molecule is O=C(OCCCO)C(c1cc(-c2ccc(C3CC3)cc2C(F)(F)F)no1)n1cnc2c1C=CN(c1cccc(F)c1F)N2. The Hall–Kier alpha value is -4.72. The molecule has 1 aliphatic heterocycles. The summed E-state index contributed by atoms with van der Waals surface area (Å²) in [6.07, 6.45) is 1.28. The molecule has 1 saturated carbocycles. The van der Waals surface area contributed by atoms with Crippen LogP contribution in [0.3, 0.4) is 0 Å². The molecule has 2 aromatic heterocycles. The summed E-state index contributed by atoms with van der Waals surface area (Å²) in [5.41, 5.74) is 2.41. The Morgan fingerprint density at radius 2 is 2.00 bits per heavy atom. The van der Waals surface area contributed by atoms with Gasteiger partial charge in [-0.2, -0.15) is 13.2 Å². The van der Waals surface area contributed by atoms with Gasteiger partial charge in [0.05, 0.1) is 24.2 Å². The standard InChI is InChI=1S/C29H24F5N5O4/c30-20-3-1-4-22(25(20)31)39-10-9-23-27(36-39)35-15-38(23)26(28(41)42-12-2-11-40)24-14-21(37-43-24)18-8-7-17(16-5-6-16)13-19(18)29(32,33)34/h1,3-4,7-10,13-16,26,36,40H,2,5-6,11-12H2. The number of carbonyl (C=O) groups is 1. The lowest BCUT2D eigenvalue weighted by Gasteiger charge is -2.26. The van der Waals surface area contributed by atoms with Gasteiger partial charge < -0.3 is 18.9 Å². The highest BCUT2D eigenvalue weighted by molar-refractivity contribution is 5.80. The number of aliphatic hydroxyl groups excluding tert-OH is 1. The minimum atomic E-state index is -4.66. The molecule has 0 amide bonds. The van der Waals surface area contributed by atoms with Gasteiger partial charge in [-0.25, -0.2) is 18.6 Å². The molecular formula is C29H24F5N5O4. The molecule has 4 aromatic rings. The van der Waals surface area contributed by atoms with Gasteiger partial charge in [-0.1, -0.05) is 23.4 Å². The third kappa shape index (κ3) is 5.57. The van der Waals surface area contributed by atoms with Crippen molar-refractivity contribution in [2.24, 2.45) is 0 Å². The Morgan fingerprint density at radius 3 is 2.74 bits per heavy atom. The van der Waals surface area contributed by atoms with E-state index < -0.39 is 35.4 Å². The van der Waals surface area contributed by atoms with E-state index in [4.69, 9.17) is 14.4 Å². The number of benzene rings is 2. The number of carbonyl (C=O) groups excluding carboxylic acids is 1. The van der Waals surface area contributed by atoms with Crippen molar-refractivity contribution in [3.63, 3.8) is 0 Å². The first kappa shape index (κ1) is 28.4. The summed E-state index contributed by atoms with van der Waals surface area (Å²) in [5, 5.41) is 14.2. The van der Waals surface area contributed by atoms with Crippen LogP contribution in [0.4, 0.5) is 33.5 Å². The number of esters is 1. The van der Waals surface area contributed by atoms with Gasteiger partial charge in [0.1, 0.15) is 11.4 Å². The molecule has 0 spiro atoms. The fourth-order valence-electron chi connectivity index (χ4n) is 4.86. The van der Waals surface area contributed by atoms with Crippen LogP contribution < -0.4 is 10.4 Å². The van der Waals surface area contributed by atoms with Crippen molar-refractivity contribution in [2.75, 3.05) is 23.6 Å². The third-order valence-electron chi connectivity index (χ3n) is 7.15. The lowest BCUT2D eigenvalue weighted by molar-refractivity contribution is -0.147. The van der Waals surface area contributed by atoms with Gasteiger partial charge in [-0.05, 0) is 48.6 Å². The Bertz CT molecular complexity index is 1690. The molecule has 2 aliphatic rings. The second kappa shape index (κ2) is 11.2. The van der Waals surface area contributed by atoms with E-state index in [1.165, 1.54) is 52.4 Å². The molecule has 0 radical (unpaired) electrons. The first-order chi connectivity index (χ1) is 20.7. The minimum Gasteiger partial charge on any atom is -0.464 e. The predicted octanol–water partition coefficient (Wildman–Crippen LogP) is 6.05. The van der Waals surface area contributed by atoms with E-state index in [1.54, 1.807) is 6.07 Å². The fraction of sp³-hybridized carbons (Fsp3) is 0.276. The zero-order valence-electron chi connectivity index (χ0n) is 22.3. The Morgan fingerprint density at radius 1 is 1.19 bits per heavy atom. The van der Waals surface area contributed by atoms with E-state index in [2.05, 4.69) is 15.6 Å². The van der Waals surface area contributed by atoms with Gasteiger partial charge in [-0.15, -0.1) is 0 Å². The normalized spacial score (nSPS) is 15.3. The van der Waals surface area contributed by atoms with Crippen LogP contribution >= 0.6 is 0 Å². The van der Waals surface area contributed by atoms with Crippen molar-refractivity contribution in [3.8, 4) is 11.3 Å². The van der Waals surface area contributed by atoms with E-state index in [0.29, 0.717) is 11.3 Å². The van der Waals surface area contributed by atoms with Crippen molar-refractivity contribution in [1.29, 1.82) is 0 Å². The monoisotopic (exact) mass is 601 g/mol. The van der Waals surface area contributed by atoms with Gasteiger partial charge in [0, 0.05) is 30.9 Å². The number of imidazole rings is 1. The number of fused-ring (bicyclic) bond motifs is 1. The van der Waals surface area contributed by atoms with Crippen LogP contribution in [0.5, 0.6) is 0 Å². The maximum atomic E-state index is 14.4. The largest absolute Gasteiger partial charge is 0.464 e. The number of halogens is 5. The smallest absolute Gasteiger partial charge is 0.417 e. The summed E-state index contributed by atoms with van der Waals surface area (Å²) in [6, 6.07) is 7.62. The van der Waals surface area contributed by atoms with Crippen molar-refractivity contribution in [2.45, 2.75) is 37.4 Å². The first-order valence-electron chi connectivity index (χ1n) is 13.4. The van der Waals surface area contributed by atoms with Crippen molar-refractivity contribution in [3.05, 3.63) is 89.2 Å². The quantitative estimate of drug-likeness (QED) is 0.136. The molecule has 0 saturated heterocycles. The van der Waals surface area contributed by atoms with Gasteiger partial charge >= 0.3 is 12.1 Å². The molecule has 1 unspecified atom stereocenters. The topological polar surface area (TPSA) is 106 Å². The van der Waals surface area contributed by atoms with Crippen LogP contribution in [0.2, 0.25) is 0 Å². The number of nitrogens with one attached hydrogen (secondary N) is 1. The molecule has 1 fully saturated rings. The molecule has 2 N–H and O–H groups in total. The van der Waals surface area contributed by atoms with Crippen molar-refractivity contribution in [1.82, 2.24) is 14.7 Å². The molecule has 3 heterocycles. The van der Waals surface area contributed by atoms with E-state index in [0.717, 1.165) is 25.0 Å². The van der Waals surface area contributed by atoms with Crippen LogP contribution in [0.15, 0.2) is 59.5 Å². The Kier molecular flexibility index (Phi) is 7.38. The third-order valence-corrected chi connectivity index (χ3v) is 7.15. The number of hydrogen-bond donors (Lipinski definition) is 2. The number of aliphatic hydroxyl groups is 1. The first-order valence-corrected chi connectivity index (χ1v) is 13.4. The molecule has 0 bridgehead atoms. The van der Waals surface area contributed by atoms with Crippen molar-refractivity contribution >= 4 is 23.6 Å². The molecular weight excluding hydrogens is 577 g/mol. The van der Waals surface area contributed by atoms with E-state index in [9.17, 15) is 26.7 Å². The molecule has 43 heavy (non-hydrogen) atoms. The number of anilines is 2. The average molecular weight is 602 g/mol. The van der Waals surface area contributed by atoms with Crippen LogP contribution in [-0.2, 0) is 15.7 Å². The van der Waals surface area contributed by atoms with Gasteiger partial charge in [0.15, 0.2) is 29.3 Å². The van der Waals surface area contributed by atoms with Crippen LogP contribution in [-0.4, -0.2) is 39.0 Å². The number of hydrazine groups is 1. The maximum Gasteiger partial charge on any atom is 0.417 e.